The number of rotatable bonds is 6. The molecule has 1 amide bonds. The molecule has 132 valence electrons. The predicted molar refractivity (Wildman–Crippen MR) is 88.8 cm³/mol. The smallest absolute Gasteiger partial charge is 0.337 e. The molecule has 1 aliphatic heterocycles. The number of aliphatic hydroxyl groups is 1. The number of hydrogen-bond acceptors (Lipinski definition) is 7. The Morgan fingerprint density at radius 3 is 2.72 bits per heavy atom. The Morgan fingerprint density at radius 2 is 2.16 bits per heavy atom. The number of esters is 1. The van der Waals surface area contributed by atoms with Crippen molar-refractivity contribution in [2.24, 2.45) is 0 Å². The number of carbonyl (C=O) groups is 2. The summed E-state index contributed by atoms with van der Waals surface area (Å²) in [5, 5.41) is 21.3. The number of β-amino-alcohol motifs (C(OH)–C–C–N with tert-alkyl or cyclic N) is 1. The minimum atomic E-state index is -0.643. The van der Waals surface area contributed by atoms with Crippen LogP contribution in [0.2, 0.25) is 0 Å². The molecule has 0 unspecified atom stereocenters. The zero-order chi connectivity index (χ0) is 18.6. The molecule has 0 radical (unpaired) electrons. The molecule has 0 fully saturated rings. The first-order valence-electron chi connectivity index (χ1n) is 7.54. The van der Waals surface area contributed by atoms with Crippen molar-refractivity contribution < 1.29 is 24.2 Å². The third kappa shape index (κ3) is 3.41. The number of nitriles is 1. The van der Waals surface area contributed by atoms with Gasteiger partial charge in [0.2, 0.25) is 0 Å². The number of methoxy groups -OCH3 is 2. The number of aliphatic hydroxyl groups excluding tert-OH is 1. The van der Waals surface area contributed by atoms with Crippen LogP contribution < -0.4 is 10.1 Å². The Hall–Kier alpha value is -3.05. The van der Waals surface area contributed by atoms with Crippen LogP contribution in [0.4, 0.5) is 5.69 Å². The van der Waals surface area contributed by atoms with Crippen molar-refractivity contribution in [3.8, 4) is 11.8 Å². The number of hydrogen-bond donors (Lipinski definition) is 2. The molecule has 8 heteroatoms. The van der Waals surface area contributed by atoms with Crippen molar-refractivity contribution in [3.63, 3.8) is 0 Å². The predicted octanol–water partition coefficient (Wildman–Crippen LogP) is 0.549. The molecule has 0 aliphatic carbocycles. The van der Waals surface area contributed by atoms with Gasteiger partial charge < -0.3 is 24.8 Å². The second-order valence-corrected chi connectivity index (χ2v) is 5.35. The van der Waals surface area contributed by atoms with Crippen LogP contribution in [0.25, 0.3) is 0 Å². The molecule has 2 N–H and O–H groups in total. The molecule has 0 atom stereocenters. The lowest BCUT2D eigenvalue weighted by molar-refractivity contribution is -0.136. The van der Waals surface area contributed by atoms with Gasteiger partial charge in [0.15, 0.2) is 0 Å². The van der Waals surface area contributed by atoms with E-state index in [1.165, 1.54) is 19.1 Å². The molecule has 1 aromatic carbocycles. The number of carbonyl (C=O) groups excluding carboxylic acids is 2. The number of ether oxygens (including phenoxy) is 2. The molecule has 2 rings (SSSR count). The van der Waals surface area contributed by atoms with Crippen LogP contribution in [-0.2, 0) is 14.3 Å². The van der Waals surface area contributed by atoms with Crippen molar-refractivity contribution in [2.45, 2.75) is 6.92 Å². The molecule has 0 saturated heterocycles. The van der Waals surface area contributed by atoms with E-state index in [2.05, 4.69) is 5.32 Å². The fourth-order valence-corrected chi connectivity index (χ4v) is 2.64. The van der Waals surface area contributed by atoms with Gasteiger partial charge in [0.25, 0.3) is 5.91 Å². The molecular weight excluding hydrogens is 326 g/mol. The van der Waals surface area contributed by atoms with E-state index >= 15 is 0 Å². The van der Waals surface area contributed by atoms with Crippen molar-refractivity contribution >= 4 is 17.6 Å². The van der Waals surface area contributed by atoms with Crippen molar-refractivity contribution in [3.05, 3.63) is 34.5 Å². The topological polar surface area (TPSA) is 112 Å². The highest BCUT2D eigenvalue weighted by Crippen LogP contribution is 2.32. The van der Waals surface area contributed by atoms with Crippen LogP contribution in [-0.4, -0.2) is 55.8 Å². The summed E-state index contributed by atoms with van der Waals surface area (Å²) in [7, 11) is 2.73. The molecule has 1 aromatic rings. The highest BCUT2D eigenvalue weighted by Gasteiger charge is 2.35. The maximum atomic E-state index is 12.6. The summed E-state index contributed by atoms with van der Waals surface area (Å²) in [4.78, 5) is 25.9. The summed E-state index contributed by atoms with van der Waals surface area (Å²) in [6.07, 6.45) is 0. The van der Waals surface area contributed by atoms with Gasteiger partial charge >= 0.3 is 5.97 Å². The average Bonchev–Trinajstić information content (AvgIpc) is 2.92. The fraction of sp³-hybridized carbons (Fsp3) is 0.353. The highest BCUT2D eigenvalue weighted by molar-refractivity contribution is 6.08. The van der Waals surface area contributed by atoms with Gasteiger partial charge in [-0.25, -0.2) is 4.79 Å². The lowest BCUT2D eigenvalue weighted by Crippen LogP contribution is -2.31. The molecule has 8 nitrogen and oxygen atoms in total. The monoisotopic (exact) mass is 345 g/mol. The Labute approximate surface area is 145 Å². The minimum absolute atomic E-state index is 0.0271. The van der Waals surface area contributed by atoms with Gasteiger partial charge in [0.1, 0.15) is 17.5 Å². The molecule has 0 saturated carbocycles. The van der Waals surface area contributed by atoms with Gasteiger partial charge in [-0.15, -0.1) is 0 Å². The zero-order valence-electron chi connectivity index (χ0n) is 14.3. The standard InChI is InChI=1S/C17H19N3O5/c1-10-13(24-2)5-4-11(8-18)14(10)19-15-12(17(23)25-3)9-20(6-7-21)16(15)22/h4-5,19,21H,6-7,9H2,1-3H3. The summed E-state index contributed by atoms with van der Waals surface area (Å²) >= 11 is 0. The normalized spacial score (nSPS) is 13.7. The Bertz CT molecular complexity index is 779. The first-order valence-corrected chi connectivity index (χ1v) is 7.54. The third-order valence-electron chi connectivity index (χ3n) is 3.96. The van der Waals surface area contributed by atoms with E-state index in [1.54, 1.807) is 19.1 Å². The van der Waals surface area contributed by atoms with Crippen LogP contribution in [0.5, 0.6) is 5.75 Å². The van der Waals surface area contributed by atoms with Crippen LogP contribution >= 0.6 is 0 Å². The maximum absolute atomic E-state index is 12.6. The zero-order valence-corrected chi connectivity index (χ0v) is 14.3. The van der Waals surface area contributed by atoms with E-state index in [0.29, 0.717) is 22.6 Å². The van der Waals surface area contributed by atoms with Crippen LogP contribution in [0, 0.1) is 18.3 Å². The summed E-state index contributed by atoms with van der Waals surface area (Å²) in [6.45, 7) is 1.63. The molecule has 0 bridgehead atoms. The van der Waals surface area contributed by atoms with Gasteiger partial charge in [0, 0.05) is 12.1 Å². The van der Waals surface area contributed by atoms with E-state index in [-0.39, 0.29) is 31.0 Å². The molecule has 0 spiro atoms. The quantitative estimate of drug-likeness (QED) is 0.724. The Balaban J connectivity index is 2.51. The van der Waals surface area contributed by atoms with E-state index in [1.807, 2.05) is 6.07 Å². The van der Waals surface area contributed by atoms with Crippen LogP contribution in [0.15, 0.2) is 23.4 Å². The summed E-state index contributed by atoms with van der Waals surface area (Å²) in [5.74, 6) is -0.546. The van der Waals surface area contributed by atoms with Gasteiger partial charge in [-0.3, -0.25) is 4.79 Å². The first-order chi connectivity index (χ1) is 12.0. The molecule has 1 heterocycles. The number of nitrogens with zero attached hydrogens (tertiary/aromatic N) is 2. The van der Waals surface area contributed by atoms with E-state index < -0.39 is 11.9 Å². The summed E-state index contributed by atoms with van der Waals surface area (Å²) < 4.78 is 9.99. The van der Waals surface area contributed by atoms with E-state index in [0.717, 1.165) is 0 Å². The van der Waals surface area contributed by atoms with Gasteiger partial charge in [0.05, 0.1) is 44.2 Å². The number of amides is 1. The number of anilines is 1. The van der Waals surface area contributed by atoms with Gasteiger partial charge in [-0.1, -0.05) is 0 Å². The second kappa shape index (κ2) is 7.68. The van der Waals surface area contributed by atoms with Crippen LogP contribution in [0.1, 0.15) is 11.1 Å². The minimum Gasteiger partial charge on any atom is -0.496 e. The second-order valence-electron chi connectivity index (χ2n) is 5.35. The Morgan fingerprint density at radius 1 is 1.44 bits per heavy atom. The lowest BCUT2D eigenvalue weighted by atomic mass is 10.1. The molecule has 1 aliphatic rings. The van der Waals surface area contributed by atoms with E-state index in [4.69, 9.17) is 14.6 Å². The fourth-order valence-electron chi connectivity index (χ4n) is 2.64. The maximum Gasteiger partial charge on any atom is 0.337 e. The summed E-state index contributed by atoms with van der Waals surface area (Å²) in [5.41, 5.74) is 1.51. The van der Waals surface area contributed by atoms with Crippen LogP contribution in [0.3, 0.4) is 0 Å². The van der Waals surface area contributed by atoms with Crippen molar-refractivity contribution in [1.82, 2.24) is 4.90 Å². The number of benzene rings is 1. The lowest BCUT2D eigenvalue weighted by Gasteiger charge is -2.17. The van der Waals surface area contributed by atoms with E-state index in [9.17, 15) is 14.9 Å². The Kier molecular flexibility index (Phi) is 5.62. The first kappa shape index (κ1) is 18.3. The SMILES string of the molecule is COC(=O)C1=C(Nc2c(C#N)ccc(OC)c2C)C(=O)N(CCO)C1. The average molecular weight is 345 g/mol. The third-order valence-corrected chi connectivity index (χ3v) is 3.96. The molecule has 25 heavy (non-hydrogen) atoms. The number of nitrogens with one attached hydrogen (secondary N) is 1. The van der Waals surface area contributed by atoms with Crippen molar-refractivity contribution in [2.75, 3.05) is 39.2 Å². The van der Waals surface area contributed by atoms with Crippen molar-refractivity contribution in [1.29, 1.82) is 5.26 Å². The molecular formula is C17H19N3O5. The highest BCUT2D eigenvalue weighted by atomic mass is 16.5. The molecule has 0 aromatic heterocycles. The summed E-state index contributed by atoms with van der Waals surface area (Å²) in [6, 6.07) is 5.27. The van der Waals surface area contributed by atoms with Gasteiger partial charge in [-0.05, 0) is 19.1 Å². The largest absolute Gasteiger partial charge is 0.496 e. The van der Waals surface area contributed by atoms with Gasteiger partial charge in [-0.2, -0.15) is 5.26 Å².